The molecule has 0 saturated heterocycles. The van der Waals surface area contributed by atoms with E-state index in [1.165, 1.54) is 0 Å². The third-order valence-electron chi connectivity index (χ3n) is 2.90. The molecular formula is C11H18ClN3O. The average Bonchev–Trinajstić information content (AvgIpc) is 2.29. The summed E-state index contributed by atoms with van der Waals surface area (Å²) in [6.45, 7) is 5.81. The zero-order valence-corrected chi connectivity index (χ0v) is 10.8. The molecule has 0 aliphatic rings. The molecule has 1 atom stereocenters. The topological polar surface area (TPSA) is 73.3 Å². The monoisotopic (exact) mass is 243 g/mol. The molecule has 0 aliphatic carbocycles. The predicted octanol–water partition coefficient (Wildman–Crippen LogP) is 1.69. The Kier molecular flexibility index (Phi) is 4.15. The van der Waals surface area contributed by atoms with E-state index in [1.807, 2.05) is 20.8 Å². The van der Waals surface area contributed by atoms with Gasteiger partial charge in [-0.1, -0.05) is 11.6 Å². The highest BCUT2D eigenvalue weighted by Gasteiger charge is 2.20. The van der Waals surface area contributed by atoms with E-state index < -0.39 is 6.17 Å². The largest absolute Gasteiger partial charge is 0.496 e. The molecule has 0 spiro atoms. The van der Waals surface area contributed by atoms with Crippen LogP contribution in [0.3, 0.4) is 0 Å². The maximum atomic E-state index is 6.24. The number of hydrogen-bond donors (Lipinski definition) is 3. The number of hydrazine groups is 1. The van der Waals surface area contributed by atoms with Crippen molar-refractivity contribution in [1.29, 1.82) is 0 Å². The summed E-state index contributed by atoms with van der Waals surface area (Å²) in [4.78, 5) is 0. The van der Waals surface area contributed by atoms with Crippen LogP contribution in [0.25, 0.3) is 0 Å². The molecule has 1 aromatic rings. The Morgan fingerprint density at radius 2 is 1.75 bits per heavy atom. The lowest BCUT2D eigenvalue weighted by Crippen LogP contribution is -2.35. The molecule has 0 amide bonds. The van der Waals surface area contributed by atoms with E-state index in [-0.39, 0.29) is 0 Å². The van der Waals surface area contributed by atoms with Gasteiger partial charge in [-0.15, -0.1) is 0 Å². The van der Waals surface area contributed by atoms with Crippen LogP contribution < -0.4 is 21.7 Å². The number of benzene rings is 1. The summed E-state index contributed by atoms with van der Waals surface area (Å²) in [5.74, 6) is 6.10. The number of nitrogens with two attached hydrogens (primary N) is 2. The first-order valence-corrected chi connectivity index (χ1v) is 5.38. The smallest absolute Gasteiger partial charge is 0.128 e. The molecule has 1 aromatic carbocycles. The standard InChI is InChI=1S/C11H18ClN3O/c1-5-6(2)10(16-4)8(11(13)15-14)7(3)9(5)12/h11,15H,13-14H2,1-4H3. The van der Waals surface area contributed by atoms with E-state index in [9.17, 15) is 0 Å². The maximum Gasteiger partial charge on any atom is 0.128 e. The first-order chi connectivity index (χ1) is 7.45. The van der Waals surface area contributed by atoms with Crippen LogP contribution in [0.15, 0.2) is 0 Å². The first kappa shape index (κ1) is 13.3. The van der Waals surface area contributed by atoms with Crippen LogP contribution in [0.2, 0.25) is 5.02 Å². The van der Waals surface area contributed by atoms with Crippen LogP contribution in [0.4, 0.5) is 0 Å². The number of methoxy groups -OCH3 is 1. The maximum absolute atomic E-state index is 6.24. The summed E-state index contributed by atoms with van der Waals surface area (Å²) in [5.41, 5.74) is 12.1. The van der Waals surface area contributed by atoms with Crippen molar-refractivity contribution in [2.24, 2.45) is 11.6 Å². The zero-order valence-electron chi connectivity index (χ0n) is 10.0. The Morgan fingerprint density at radius 3 is 2.19 bits per heavy atom. The molecule has 0 heterocycles. The van der Waals surface area contributed by atoms with Gasteiger partial charge in [0.05, 0.1) is 13.3 Å². The van der Waals surface area contributed by atoms with Crippen LogP contribution in [0, 0.1) is 20.8 Å². The van der Waals surface area contributed by atoms with E-state index in [2.05, 4.69) is 5.43 Å². The lowest BCUT2D eigenvalue weighted by Gasteiger charge is -2.22. The molecule has 90 valence electrons. The highest BCUT2D eigenvalue weighted by atomic mass is 35.5. The molecule has 5 N–H and O–H groups in total. The van der Waals surface area contributed by atoms with Crippen molar-refractivity contribution in [1.82, 2.24) is 5.43 Å². The molecule has 0 bridgehead atoms. The number of nitrogens with one attached hydrogen (secondary N) is 1. The van der Waals surface area contributed by atoms with Gasteiger partial charge in [-0.2, -0.15) is 0 Å². The molecule has 1 unspecified atom stereocenters. The van der Waals surface area contributed by atoms with E-state index in [4.69, 9.17) is 27.9 Å². The van der Waals surface area contributed by atoms with E-state index in [0.29, 0.717) is 5.02 Å². The summed E-state index contributed by atoms with van der Waals surface area (Å²) in [5, 5.41) is 0.707. The van der Waals surface area contributed by atoms with Gasteiger partial charge in [0.1, 0.15) is 5.75 Å². The number of halogens is 1. The Labute approximate surface area is 101 Å². The van der Waals surface area contributed by atoms with Gasteiger partial charge >= 0.3 is 0 Å². The van der Waals surface area contributed by atoms with Gasteiger partial charge in [0.2, 0.25) is 0 Å². The van der Waals surface area contributed by atoms with Gasteiger partial charge in [-0.25, -0.2) is 5.43 Å². The van der Waals surface area contributed by atoms with Crippen molar-refractivity contribution >= 4 is 11.6 Å². The highest BCUT2D eigenvalue weighted by Crippen LogP contribution is 2.37. The SMILES string of the molecule is COc1c(C)c(C)c(Cl)c(C)c1C(N)NN. The van der Waals surface area contributed by atoms with E-state index in [0.717, 1.165) is 28.0 Å². The van der Waals surface area contributed by atoms with Gasteiger partial charge in [0.25, 0.3) is 0 Å². The minimum Gasteiger partial charge on any atom is -0.496 e. The number of hydrogen-bond acceptors (Lipinski definition) is 4. The van der Waals surface area contributed by atoms with Crippen LogP contribution in [-0.4, -0.2) is 7.11 Å². The van der Waals surface area contributed by atoms with Crippen molar-refractivity contribution in [2.75, 3.05) is 7.11 Å². The van der Waals surface area contributed by atoms with Crippen LogP contribution >= 0.6 is 11.6 Å². The minimum atomic E-state index is -0.494. The van der Waals surface area contributed by atoms with E-state index >= 15 is 0 Å². The van der Waals surface area contributed by atoms with Gasteiger partial charge in [-0.3, -0.25) is 5.84 Å². The molecule has 16 heavy (non-hydrogen) atoms. The summed E-state index contributed by atoms with van der Waals surface area (Å²) in [7, 11) is 1.61. The average molecular weight is 244 g/mol. The van der Waals surface area contributed by atoms with Crippen LogP contribution in [0.1, 0.15) is 28.4 Å². The molecule has 1 rings (SSSR count). The van der Waals surface area contributed by atoms with Gasteiger partial charge in [-0.05, 0) is 37.5 Å². The molecule has 5 heteroatoms. The van der Waals surface area contributed by atoms with Gasteiger partial charge in [0.15, 0.2) is 0 Å². The first-order valence-electron chi connectivity index (χ1n) is 5.00. The molecule has 0 fully saturated rings. The van der Waals surface area contributed by atoms with Crippen molar-refractivity contribution < 1.29 is 4.74 Å². The molecular weight excluding hydrogens is 226 g/mol. The lowest BCUT2D eigenvalue weighted by atomic mass is 9.97. The fourth-order valence-corrected chi connectivity index (χ4v) is 2.07. The second kappa shape index (κ2) is 5.01. The fourth-order valence-electron chi connectivity index (χ4n) is 1.83. The summed E-state index contributed by atoms with van der Waals surface area (Å²) < 4.78 is 5.38. The van der Waals surface area contributed by atoms with Crippen LogP contribution in [0.5, 0.6) is 5.75 Å². The summed E-state index contributed by atoms with van der Waals surface area (Å²) >= 11 is 6.24. The molecule has 0 saturated carbocycles. The molecule has 0 radical (unpaired) electrons. The minimum absolute atomic E-state index is 0.494. The Morgan fingerprint density at radius 1 is 1.19 bits per heavy atom. The third kappa shape index (κ3) is 2.01. The van der Waals surface area contributed by atoms with Crippen molar-refractivity contribution in [2.45, 2.75) is 26.9 Å². The second-order valence-electron chi connectivity index (χ2n) is 3.78. The van der Waals surface area contributed by atoms with Gasteiger partial charge < -0.3 is 10.5 Å². The molecule has 0 aromatic heterocycles. The summed E-state index contributed by atoms with van der Waals surface area (Å²) in [6.07, 6.45) is -0.494. The zero-order chi connectivity index (χ0) is 12.5. The number of rotatable bonds is 3. The van der Waals surface area contributed by atoms with Crippen LogP contribution in [-0.2, 0) is 0 Å². The van der Waals surface area contributed by atoms with Gasteiger partial charge in [0, 0.05) is 10.6 Å². The van der Waals surface area contributed by atoms with Crippen molar-refractivity contribution in [3.05, 3.63) is 27.3 Å². The fraction of sp³-hybridized carbons (Fsp3) is 0.455. The normalized spacial score (nSPS) is 12.7. The summed E-state index contributed by atoms with van der Waals surface area (Å²) in [6, 6.07) is 0. The Balaban J connectivity index is 3.57. The quantitative estimate of drug-likeness (QED) is 0.429. The van der Waals surface area contributed by atoms with Crippen molar-refractivity contribution in [3.63, 3.8) is 0 Å². The Bertz CT molecular complexity index is 407. The highest BCUT2D eigenvalue weighted by molar-refractivity contribution is 6.32. The van der Waals surface area contributed by atoms with E-state index in [1.54, 1.807) is 7.11 Å². The molecule has 4 nitrogen and oxygen atoms in total. The number of ether oxygens (including phenoxy) is 1. The second-order valence-corrected chi connectivity index (χ2v) is 4.16. The Hall–Kier alpha value is -0.810. The molecule has 0 aliphatic heterocycles. The van der Waals surface area contributed by atoms with Crippen molar-refractivity contribution in [3.8, 4) is 5.75 Å². The third-order valence-corrected chi connectivity index (χ3v) is 3.47. The predicted molar refractivity (Wildman–Crippen MR) is 66.5 cm³/mol. The lowest BCUT2D eigenvalue weighted by molar-refractivity contribution is 0.396.